The van der Waals surface area contributed by atoms with Crippen LogP contribution in [0.2, 0.25) is 0 Å². The van der Waals surface area contributed by atoms with Crippen molar-refractivity contribution >= 4 is 17.5 Å². The highest BCUT2D eigenvalue weighted by molar-refractivity contribution is 6.00. The van der Waals surface area contributed by atoms with E-state index in [-0.39, 0.29) is 11.8 Å². The first-order valence-corrected chi connectivity index (χ1v) is 9.42. The summed E-state index contributed by atoms with van der Waals surface area (Å²) in [6, 6.07) is 15.1. The van der Waals surface area contributed by atoms with Crippen LogP contribution >= 0.6 is 0 Å². The predicted octanol–water partition coefficient (Wildman–Crippen LogP) is 4.56. The molecule has 0 unspecified atom stereocenters. The van der Waals surface area contributed by atoms with Crippen molar-refractivity contribution in [2.75, 3.05) is 5.32 Å². The topological polar surface area (TPSA) is 67.4 Å². The number of benzene rings is 2. The van der Waals surface area contributed by atoms with Gasteiger partial charge in [-0.1, -0.05) is 37.0 Å². The second-order valence-electron chi connectivity index (χ2n) is 7.22. The van der Waals surface area contributed by atoms with Gasteiger partial charge in [0, 0.05) is 12.6 Å². The van der Waals surface area contributed by atoms with Crippen LogP contribution in [0.4, 0.5) is 5.69 Å². The van der Waals surface area contributed by atoms with Gasteiger partial charge in [-0.3, -0.25) is 9.59 Å². The number of ether oxygens (including phenoxy) is 1. The molecule has 142 valence electrons. The Morgan fingerprint density at radius 2 is 1.44 bits per heavy atom. The minimum Gasteiger partial charge on any atom is -0.457 e. The van der Waals surface area contributed by atoms with Gasteiger partial charge in [0.2, 0.25) is 11.8 Å². The Balaban J connectivity index is 1.66. The lowest BCUT2D eigenvalue weighted by molar-refractivity contribution is -0.130. The molecule has 3 rings (SSSR count). The molecule has 0 bridgehead atoms. The minimum atomic E-state index is -0.804. The van der Waals surface area contributed by atoms with Crippen LogP contribution < -0.4 is 15.4 Å². The number of hydrogen-bond acceptors (Lipinski definition) is 3. The Labute approximate surface area is 160 Å². The molecule has 1 aliphatic rings. The Bertz CT molecular complexity index is 791. The first-order valence-electron chi connectivity index (χ1n) is 9.42. The molecule has 0 atom stereocenters. The van der Waals surface area contributed by atoms with Gasteiger partial charge in [0.25, 0.3) is 0 Å². The van der Waals surface area contributed by atoms with E-state index in [4.69, 9.17) is 4.74 Å². The highest BCUT2D eigenvalue weighted by atomic mass is 16.5. The molecule has 1 aliphatic carbocycles. The molecule has 27 heavy (non-hydrogen) atoms. The maximum atomic E-state index is 12.9. The quantitative estimate of drug-likeness (QED) is 0.815. The van der Waals surface area contributed by atoms with Crippen molar-refractivity contribution in [3.63, 3.8) is 0 Å². The molecule has 1 fully saturated rings. The Morgan fingerprint density at radius 1 is 0.889 bits per heavy atom. The SMILES string of the molecule is CC(=O)NC1(C(=O)Nc2ccc(Oc3ccc(C)cc3)cc2)CCCCC1. The lowest BCUT2D eigenvalue weighted by Crippen LogP contribution is -2.57. The lowest BCUT2D eigenvalue weighted by atomic mass is 9.80. The molecule has 5 nitrogen and oxygen atoms in total. The van der Waals surface area contributed by atoms with Gasteiger partial charge in [0.05, 0.1) is 0 Å². The number of rotatable bonds is 5. The van der Waals surface area contributed by atoms with Crippen molar-refractivity contribution < 1.29 is 14.3 Å². The zero-order chi connectivity index (χ0) is 19.3. The molecule has 0 saturated heterocycles. The minimum absolute atomic E-state index is 0.149. The molecule has 5 heteroatoms. The fraction of sp³-hybridized carbons (Fsp3) is 0.364. The zero-order valence-corrected chi connectivity index (χ0v) is 15.9. The van der Waals surface area contributed by atoms with Gasteiger partial charge >= 0.3 is 0 Å². The van der Waals surface area contributed by atoms with Crippen LogP contribution in [-0.4, -0.2) is 17.4 Å². The lowest BCUT2D eigenvalue weighted by Gasteiger charge is -2.36. The van der Waals surface area contributed by atoms with Crippen LogP contribution in [0.25, 0.3) is 0 Å². The summed E-state index contributed by atoms with van der Waals surface area (Å²) in [5.41, 5.74) is 1.06. The molecule has 2 aromatic rings. The molecule has 0 aliphatic heterocycles. The maximum Gasteiger partial charge on any atom is 0.250 e. The van der Waals surface area contributed by atoms with E-state index in [2.05, 4.69) is 10.6 Å². The van der Waals surface area contributed by atoms with E-state index in [0.29, 0.717) is 24.3 Å². The molecule has 1 saturated carbocycles. The van der Waals surface area contributed by atoms with E-state index in [1.165, 1.54) is 12.5 Å². The average Bonchev–Trinajstić information content (AvgIpc) is 2.65. The predicted molar refractivity (Wildman–Crippen MR) is 106 cm³/mol. The van der Waals surface area contributed by atoms with Crippen LogP contribution in [-0.2, 0) is 9.59 Å². The van der Waals surface area contributed by atoms with Gasteiger partial charge < -0.3 is 15.4 Å². The average molecular weight is 366 g/mol. The highest BCUT2D eigenvalue weighted by Gasteiger charge is 2.40. The number of aryl methyl sites for hydroxylation is 1. The first kappa shape index (κ1) is 19.0. The molecule has 2 aromatic carbocycles. The summed E-state index contributed by atoms with van der Waals surface area (Å²) in [4.78, 5) is 24.5. The van der Waals surface area contributed by atoms with Crippen molar-refractivity contribution in [2.24, 2.45) is 0 Å². The summed E-state index contributed by atoms with van der Waals surface area (Å²) >= 11 is 0. The Kier molecular flexibility index (Phi) is 5.79. The fourth-order valence-corrected chi connectivity index (χ4v) is 3.50. The highest BCUT2D eigenvalue weighted by Crippen LogP contribution is 2.30. The summed E-state index contributed by atoms with van der Waals surface area (Å²) in [7, 11) is 0. The monoisotopic (exact) mass is 366 g/mol. The molecule has 0 heterocycles. The number of carbonyl (C=O) groups is 2. The molecule has 2 N–H and O–H groups in total. The summed E-state index contributed by atoms with van der Waals surface area (Å²) < 4.78 is 5.81. The zero-order valence-electron chi connectivity index (χ0n) is 15.9. The number of carbonyl (C=O) groups excluding carboxylic acids is 2. The normalized spacial score (nSPS) is 15.6. The molecular formula is C22H26N2O3. The second-order valence-corrected chi connectivity index (χ2v) is 7.22. The van der Waals surface area contributed by atoms with Crippen LogP contribution in [0, 0.1) is 6.92 Å². The van der Waals surface area contributed by atoms with Crippen LogP contribution in [0.1, 0.15) is 44.6 Å². The van der Waals surface area contributed by atoms with E-state index in [0.717, 1.165) is 25.0 Å². The van der Waals surface area contributed by atoms with Crippen LogP contribution in [0.15, 0.2) is 48.5 Å². The van der Waals surface area contributed by atoms with Gasteiger partial charge in [-0.15, -0.1) is 0 Å². The molecule has 2 amide bonds. The van der Waals surface area contributed by atoms with E-state index < -0.39 is 5.54 Å². The summed E-state index contributed by atoms with van der Waals surface area (Å²) in [6.07, 6.45) is 4.33. The standard InChI is InChI=1S/C22H26N2O3/c1-16-6-10-19(11-7-16)27-20-12-8-18(9-13-20)23-21(26)22(24-17(2)25)14-4-3-5-15-22/h6-13H,3-5,14-15H2,1-2H3,(H,23,26)(H,24,25). The summed E-state index contributed by atoms with van der Waals surface area (Å²) in [6.45, 7) is 3.49. The largest absolute Gasteiger partial charge is 0.457 e. The molecule has 0 aromatic heterocycles. The number of anilines is 1. The fourth-order valence-electron chi connectivity index (χ4n) is 3.50. The molecular weight excluding hydrogens is 340 g/mol. The summed E-state index contributed by atoms with van der Waals surface area (Å²) in [5.74, 6) is 1.15. The Hall–Kier alpha value is -2.82. The number of nitrogens with one attached hydrogen (secondary N) is 2. The van der Waals surface area contributed by atoms with E-state index in [1.807, 2.05) is 55.5 Å². The molecule has 0 radical (unpaired) electrons. The third-order valence-corrected chi connectivity index (χ3v) is 4.93. The van der Waals surface area contributed by atoms with Crippen molar-refractivity contribution in [1.29, 1.82) is 0 Å². The van der Waals surface area contributed by atoms with Crippen LogP contribution in [0.5, 0.6) is 11.5 Å². The smallest absolute Gasteiger partial charge is 0.250 e. The van der Waals surface area contributed by atoms with Crippen molar-refractivity contribution in [2.45, 2.75) is 51.5 Å². The maximum absolute atomic E-state index is 12.9. The van der Waals surface area contributed by atoms with Gasteiger partial charge in [0.1, 0.15) is 17.0 Å². The number of amides is 2. The van der Waals surface area contributed by atoms with Gasteiger partial charge in [-0.25, -0.2) is 0 Å². The van der Waals surface area contributed by atoms with E-state index in [9.17, 15) is 9.59 Å². The van der Waals surface area contributed by atoms with Gasteiger partial charge in [-0.05, 0) is 56.2 Å². The second kappa shape index (κ2) is 8.25. The summed E-state index contributed by atoms with van der Waals surface area (Å²) in [5, 5.41) is 5.84. The van der Waals surface area contributed by atoms with Crippen molar-refractivity contribution in [3.05, 3.63) is 54.1 Å². The van der Waals surface area contributed by atoms with Crippen molar-refractivity contribution in [3.8, 4) is 11.5 Å². The van der Waals surface area contributed by atoms with E-state index in [1.54, 1.807) is 0 Å². The Morgan fingerprint density at radius 3 is 2.00 bits per heavy atom. The van der Waals surface area contributed by atoms with Crippen LogP contribution in [0.3, 0.4) is 0 Å². The van der Waals surface area contributed by atoms with E-state index >= 15 is 0 Å². The van der Waals surface area contributed by atoms with Gasteiger partial charge in [-0.2, -0.15) is 0 Å². The van der Waals surface area contributed by atoms with Gasteiger partial charge in [0.15, 0.2) is 0 Å². The third kappa shape index (κ3) is 4.88. The van der Waals surface area contributed by atoms with Crippen molar-refractivity contribution in [1.82, 2.24) is 5.32 Å². The molecule has 0 spiro atoms. The first-order chi connectivity index (χ1) is 13.0. The third-order valence-electron chi connectivity index (χ3n) is 4.93. The number of hydrogen-bond donors (Lipinski definition) is 2.